The Bertz CT molecular complexity index is 389. The number of β-amino-alcohol motifs (C(OH)–C–C–N with tert-alkyl or cyclic N) is 1. The lowest BCUT2D eigenvalue weighted by atomic mass is 10.1. The van der Waals surface area contributed by atoms with Crippen molar-refractivity contribution in [1.29, 1.82) is 0 Å². The third-order valence-corrected chi connectivity index (χ3v) is 3.45. The molecule has 1 N–H and O–H groups in total. The van der Waals surface area contributed by atoms with E-state index in [1.165, 1.54) is 25.0 Å². The molecule has 1 atom stereocenters. The number of nitrogens with zero attached hydrogens (tertiary/aromatic N) is 1. The average molecular weight is 255 g/mol. The SMILES string of the molecule is OC(CN1CCCCCC1)c1ccc(F)cc1F. The number of rotatable bonds is 3. The molecule has 2 nitrogen and oxygen atoms in total. The summed E-state index contributed by atoms with van der Waals surface area (Å²) in [5.41, 5.74) is 0.181. The van der Waals surface area contributed by atoms with Gasteiger partial charge < -0.3 is 10.0 Å². The summed E-state index contributed by atoms with van der Waals surface area (Å²) in [5.74, 6) is -1.28. The fraction of sp³-hybridized carbons (Fsp3) is 0.571. The molecule has 0 aliphatic carbocycles. The second-order valence-electron chi connectivity index (χ2n) is 4.90. The first kappa shape index (κ1) is 13.4. The lowest BCUT2D eigenvalue weighted by Gasteiger charge is -2.23. The van der Waals surface area contributed by atoms with Gasteiger partial charge in [-0.05, 0) is 32.0 Å². The van der Waals surface area contributed by atoms with Crippen LogP contribution in [0.1, 0.15) is 37.4 Å². The lowest BCUT2D eigenvalue weighted by molar-refractivity contribution is 0.112. The van der Waals surface area contributed by atoms with Crippen molar-refractivity contribution in [3.63, 3.8) is 0 Å². The van der Waals surface area contributed by atoms with Crippen molar-refractivity contribution in [1.82, 2.24) is 4.90 Å². The molecule has 1 heterocycles. The molecular weight excluding hydrogens is 236 g/mol. The van der Waals surface area contributed by atoms with Crippen LogP contribution in [0.5, 0.6) is 0 Å². The molecule has 0 spiro atoms. The van der Waals surface area contributed by atoms with E-state index in [4.69, 9.17) is 0 Å². The second-order valence-corrected chi connectivity index (χ2v) is 4.90. The molecule has 4 heteroatoms. The molecule has 0 bridgehead atoms. The Morgan fingerprint density at radius 2 is 1.78 bits per heavy atom. The molecule has 18 heavy (non-hydrogen) atoms. The normalized spacial score (nSPS) is 19.5. The fourth-order valence-electron chi connectivity index (χ4n) is 2.43. The minimum Gasteiger partial charge on any atom is -0.387 e. The first-order chi connectivity index (χ1) is 8.66. The maximum atomic E-state index is 13.5. The third kappa shape index (κ3) is 3.50. The number of halogens is 2. The van der Waals surface area contributed by atoms with Gasteiger partial charge in [-0.25, -0.2) is 8.78 Å². The Morgan fingerprint density at radius 3 is 2.39 bits per heavy atom. The largest absolute Gasteiger partial charge is 0.387 e. The van der Waals surface area contributed by atoms with Crippen molar-refractivity contribution in [2.45, 2.75) is 31.8 Å². The van der Waals surface area contributed by atoms with Crippen LogP contribution in [0, 0.1) is 11.6 Å². The molecule has 1 aliphatic rings. The van der Waals surface area contributed by atoms with Crippen LogP contribution in [0.25, 0.3) is 0 Å². The molecule has 1 unspecified atom stereocenters. The Kier molecular flexibility index (Phi) is 4.66. The Morgan fingerprint density at radius 1 is 1.11 bits per heavy atom. The van der Waals surface area contributed by atoms with E-state index in [1.54, 1.807) is 0 Å². The summed E-state index contributed by atoms with van der Waals surface area (Å²) in [6, 6.07) is 3.33. The van der Waals surface area contributed by atoms with Gasteiger partial charge in [-0.3, -0.25) is 0 Å². The molecule has 0 amide bonds. The van der Waals surface area contributed by atoms with E-state index < -0.39 is 17.7 Å². The van der Waals surface area contributed by atoms with Crippen LogP contribution in [-0.2, 0) is 0 Å². The molecular formula is C14H19F2NO. The smallest absolute Gasteiger partial charge is 0.131 e. The van der Waals surface area contributed by atoms with Crippen LogP contribution in [-0.4, -0.2) is 29.6 Å². The molecule has 0 radical (unpaired) electrons. The van der Waals surface area contributed by atoms with Gasteiger partial charge >= 0.3 is 0 Å². The van der Waals surface area contributed by atoms with E-state index in [2.05, 4.69) is 4.90 Å². The maximum Gasteiger partial charge on any atom is 0.131 e. The topological polar surface area (TPSA) is 23.5 Å². The maximum absolute atomic E-state index is 13.5. The molecule has 1 fully saturated rings. The predicted molar refractivity (Wildman–Crippen MR) is 66.2 cm³/mol. The van der Waals surface area contributed by atoms with Gasteiger partial charge in [0.2, 0.25) is 0 Å². The Labute approximate surface area is 106 Å². The van der Waals surface area contributed by atoms with E-state index in [9.17, 15) is 13.9 Å². The molecule has 100 valence electrons. The van der Waals surface area contributed by atoms with Gasteiger partial charge in [0.15, 0.2) is 0 Å². The average Bonchev–Trinajstić information content (AvgIpc) is 2.57. The summed E-state index contributed by atoms with van der Waals surface area (Å²) >= 11 is 0. The van der Waals surface area contributed by atoms with Crippen LogP contribution >= 0.6 is 0 Å². The lowest BCUT2D eigenvalue weighted by Crippen LogP contribution is -2.29. The standard InChI is InChI=1S/C14H19F2NO/c15-11-5-6-12(13(16)9-11)14(18)10-17-7-3-1-2-4-8-17/h5-6,9,14,18H,1-4,7-8,10H2. The number of hydrogen-bond acceptors (Lipinski definition) is 2. The van der Waals surface area contributed by atoms with Gasteiger partial charge in [0, 0.05) is 18.2 Å². The van der Waals surface area contributed by atoms with E-state index in [0.717, 1.165) is 32.0 Å². The number of hydrogen-bond donors (Lipinski definition) is 1. The van der Waals surface area contributed by atoms with Gasteiger partial charge in [0.05, 0.1) is 6.10 Å². The minimum absolute atomic E-state index is 0.181. The number of likely N-dealkylation sites (tertiary alicyclic amines) is 1. The van der Waals surface area contributed by atoms with Crippen molar-refractivity contribution < 1.29 is 13.9 Å². The minimum atomic E-state index is -0.885. The first-order valence-corrected chi connectivity index (χ1v) is 6.52. The van der Waals surface area contributed by atoms with E-state index in [-0.39, 0.29) is 5.56 Å². The van der Waals surface area contributed by atoms with E-state index >= 15 is 0 Å². The molecule has 1 aromatic carbocycles. The van der Waals surface area contributed by atoms with Gasteiger partial charge in [-0.15, -0.1) is 0 Å². The Hall–Kier alpha value is -1.00. The molecule has 1 saturated heterocycles. The zero-order chi connectivity index (χ0) is 13.0. The van der Waals surface area contributed by atoms with Crippen LogP contribution in [0.3, 0.4) is 0 Å². The number of benzene rings is 1. The molecule has 0 saturated carbocycles. The first-order valence-electron chi connectivity index (χ1n) is 6.52. The number of aliphatic hydroxyl groups is 1. The third-order valence-electron chi connectivity index (χ3n) is 3.45. The van der Waals surface area contributed by atoms with Crippen molar-refractivity contribution in [3.05, 3.63) is 35.4 Å². The molecule has 0 aromatic heterocycles. The van der Waals surface area contributed by atoms with Gasteiger partial charge in [-0.1, -0.05) is 18.9 Å². The monoisotopic (exact) mass is 255 g/mol. The van der Waals surface area contributed by atoms with E-state index in [0.29, 0.717) is 6.54 Å². The molecule has 1 aromatic rings. The summed E-state index contributed by atoms with van der Waals surface area (Å²) in [4.78, 5) is 2.15. The van der Waals surface area contributed by atoms with Crippen LogP contribution in [0.4, 0.5) is 8.78 Å². The number of aliphatic hydroxyl groups excluding tert-OH is 1. The summed E-state index contributed by atoms with van der Waals surface area (Å²) in [5, 5.41) is 10.0. The highest BCUT2D eigenvalue weighted by Gasteiger charge is 2.18. The van der Waals surface area contributed by atoms with E-state index in [1.807, 2.05) is 0 Å². The Balaban J connectivity index is 1.99. The van der Waals surface area contributed by atoms with Crippen molar-refractivity contribution in [3.8, 4) is 0 Å². The van der Waals surface area contributed by atoms with Gasteiger partial charge in [0.1, 0.15) is 11.6 Å². The van der Waals surface area contributed by atoms with Crippen LogP contribution in [0.2, 0.25) is 0 Å². The zero-order valence-electron chi connectivity index (χ0n) is 10.4. The second kappa shape index (κ2) is 6.25. The molecule has 2 rings (SSSR count). The van der Waals surface area contributed by atoms with Crippen LogP contribution in [0.15, 0.2) is 18.2 Å². The zero-order valence-corrected chi connectivity index (χ0v) is 10.4. The predicted octanol–water partition coefficient (Wildman–Crippen LogP) is 2.87. The summed E-state index contributed by atoms with van der Waals surface area (Å²) < 4.78 is 26.3. The highest BCUT2D eigenvalue weighted by Crippen LogP contribution is 2.20. The summed E-state index contributed by atoms with van der Waals surface area (Å²) in [6.07, 6.45) is 3.80. The fourth-order valence-corrected chi connectivity index (χ4v) is 2.43. The van der Waals surface area contributed by atoms with Gasteiger partial charge in [-0.2, -0.15) is 0 Å². The highest BCUT2D eigenvalue weighted by molar-refractivity contribution is 5.21. The van der Waals surface area contributed by atoms with Gasteiger partial charge in [0.25, 0.3) is 0 Å². The van der Waals surface area contributed by atoms with Crippen molar-refractivity contribution in [2.24, 2.45) is 0 Å². The highest BCUT2D eigenvalue weighted by atomic mass is 19.1. The molecule has 1 aliphatic heterocycles. The summed E-state index contributed by atoms with van der Waals surface area (Å²) in [7, 11) is 0. The van der Waals surface area contributed by atoms with Crippen molar-refractivity contribution >= 4 is 0 Å². The van der Waals surface area contributed by atoms with Crippen molar-refractivity contribution in [2.75, 3.05) is 19.6 Å². The summed E-state index contributed by atoms with van der Waals surface area (Å²) in [6.45, 7) is 2.31. The quantitative estimate of drug-likeness (QED) is 0.897. The van der Waals surface area contributed by atoms with Crippen LogP contribution < -0.4 is 0 Å².